The third kappa shape index (κ3) is 3.00. The zero-order valence-electron chi connectivity index (χ0n) is 11.2. The van der Waals surface area contributed by atoms with E-state index in [1.54, 1.807) is 13.1 Å². The second-order valence-electron chi connectivity index (χ2n) is 4.77. The van der Waals surface area contributed by atoms with Crippen molar-refractivity contribution in [2.24, 2.45) is 0 Å². The van der Waals surface area contributed by atoms with Crippen LogP contribution in [0.5, 0.6) is 0 Å². The fourth-order valence-electron chi connectivity index (χ4n) is 2.40. The number of aliphatic hydroxyl groups excluding tert-OH is 1. The lowest BCUT2D eigenvalue weighted by atomic mass is 10.1. The summed E-state index contributed by atoms with van der Waals surface area (Å²) in [5.41, 5.74) is 0.886. The molecular formula is C14H22N2O2. The minimum atomic E-state index is -0.493. The van der Waals surface area contributed by atoms with E-state index >= 15 is 0 Å². The van der Waals surface area contributed by atoms with Gasteiger partial charge in [-0.3, -0.25) is 0 Å². The highest BCUT2D eigenvalue weighted by Crippen LogP contribution is 2.25. The average Bonchev–Trinajstić information content (AvgIpc) is 2.88. The van der Waals surface area contributed by atoms with Gasteiger partial charge in [-0.1, -0.05) is 6.07 Å². The summed E-state index contributed by atoms with van der Waals surface area (Å²) >= 11 is 0. The number of hydrogen-bond donors (Lipinski definition) is 1. The van der Waals surface area contributed by atoms with E-state index in [0.29, 0.717) is 6.10 Å². The number of aromatic nitrogens is 1. The molecule has 2 unspecified atom stereocenters. The van der Waals surface area contributed by atoms with Crippen molar-refractivity contribution in [2.45, 2.75) is 38.9 Å². The standard InChI is InChI=1S/C14H22N2O2/c1-3-16(10-12-6-5-9-18-12)14-13(11(2)17)7-4-8-15-14/h4,7-8,11-12,17H,3,5-6,9-10H2,1-2H3. The Bertz CT molecular complexity index is 376. The van der Waals surface area contributed by atoms with E-state index in [9.17, 15) is 5.11 Å². The summed E-state index contributed by atoms with van der Waals surface area (Å²) in [5, 5.41) is 9.81. The maximum Gasteiger partial charge on any atom is 0.134 e. The van der Waals surface area contributed by atoms with Crippen molar-refractivity contribution in [3.63, 3.8) is 0 Å². The monoisotopic (exact) mass is 250 g/mol. The molecule has 0 bridgehead atoms. The van der Waals surface area contributed by atoms with Crippen molar-refractivity contribution in [2.75, 3.05) is 24.6 Å². The summed E-state index contributed by atoms with van der Waals surface area (Å²) in [6, 6.07) is 3.80. The Morgan fingerprint density at radius 1 is 1.61 bits per heavy atom. The first kappa shape index (κ1) is 13.3. The first-order chi connectivity index (χ1) is 8.72. The van der Waals surface area contributed by atoms with Gasteiger partial charge in [0.05, 0.1) is 12.2 Å². The molecule has 18 heavy (non-hydrogen) atoms. The van der Waals surface area contributed by atoms with Crippen molar-refractivity contribution >= 4 is 5.82 Å². The van der Waals surface area contributed by atoms with Gasteiger partial charge in [0.15, 0.2) is 0 Å². The van der Waals surface area contributed by atoms with Gasteiger partial charge in [0.25, 0.3) is 0 Å². The molecule has 2 heterocycles. The summed E-state index contributed by atoms with van der Waals surface area (Å²) in [7, 11) is 0. The maximum absolute atomic E-state index is 9.81. The number of rotatable bonds is 5. The summed E-state index contributed by atoms with van der Waals surface area (Å²) in [6.07, 6.45) is 3.85. The van der Waals surface area contributed by atoms with Gasteiger partial charge in [-0.25, -0.2) is 4.98 Å². The zero-order valence-corrected chi connectivity index (χ0v) is 11.2. The topological polar surface area (TPSA) is 45.6 Å². The molecule has 4 nitrogen and oxygen atoms in total. The molecule has 2 atom stereocenters. The Hall–Kier alpha value is -1.13. The number of nitrogens with zero attached hydrogens (tertiary/aromatic N) is 2. The molecule has 1 aromatic rings. The Morgan fingerprint density at radius 2 is 2.44 bits per heavy atom. The Morgan fingerprint density at radius 3 is 3.06 bits per heavy atom. The molecule has 100 valence electrons. The second-order valence-corrected chi connectivity index (χ2v) is 4.77. The van der Waals surface area contributed by atoms with E-state index in [1.165, 1.54) is 0 Å². The van der Waals surface area contributed by atoms with Crippen LogP contribution in [0.15, 0.2) is 18.3 Å². The van der Waals surface area contributed by atoms with Crippen LogP contribution in [0, 0.1) is 0 Å². The van der Waals surface area contributed by atoms with Crippen molar-refractivity contribution in [3.8, 4) is 0 Å². The quantitative estimate of drug-likeness (QED) is 0.869. The minimum Gasteiger partial charge on any atom is -0.389 e. The Kier molecular flexibility index (Phi) is 4.55. The molecule has 1 aliphatic rings. The highest BCUT2D eigenvalue weighted by molar-refractivity contribution is 5.47. The highest BCUT2D eigenvalue weighted by atomic mass is 16.5. The van der Waals surface area contributed by atoms with Gasteiger partial charge in [-0.05, 0) is 32.8 Å². The molecule has 0 saturated carbocycles. The lowest BCUT2D eigenvalue weighted by molar-refractivity contribution is 0.115. The summed E-state index contributed by atoms with van der Waals surface area (Å²) in [4.78, 5) is 6.62. The number of pyridine rings is 1. The SMILES string of the molecule is CCN(CC1CCCO1)c1ncccc1C(C)O. The highest BCUT2D eigenvalue weighted by Gasteiger charge is 2.21. The van der Waals surface area contributed by atoms with Gasteiger partial charge in [0.2, 0.25) is 0 Å². The van der Waals surface area contributed by atoms with Gasteiger partial charge in [-0.2, -0.15) is 0 Å². The molecule has 1 aliphatic heterocycles. The number of hydrogen-bond acceptors (Lipinski definition) is 4. The van der Waals surface area contributed by atoms with Gasteiger partial charge in [0, 0.05) is 31.5 Å². The van der Waals surface area contributed by atoms with Crippen molar-refractivity contribution in [1.82, 2.24) is 4.98 Å². The van der Waals surface area contributed by atoms with Crippen LogP contribution in [0.2, 0.25) is 0 Å². The molecule has 0 spiro atoms. The number of aliphatic hydroxyl groups is 1. The molecule has 2 rings (SSSR count). The summed E-state index contributed by atoms with van der Waals surface area (Å²) < 4.78 is 5.68. The van der Waals surface area contributed by atoms with Gasteiger partial charge < -0.3 is 14.7 Å². The third-order valence-corrected chi connectivity index (χ3v) is 3.40. The van der Waals surface area contributed by atoms with Crippen molar-refractivity contribution in [3.05, 3.63) is 23.9 Å². The molecule has 1 fully saturated rings. The van der Waals surface area contributed by atoms with Crippen LogP contribution in [0.1, 0.15) is 38.4 Å². The molecule has 1 saturated heterocycles. The first-order valence-electron chi connectivity index (χ1n) is 6.72. The molecule has 0 aromatic carbocycles. The Labute approximate surface area is 109 Å². The van der Waals surface area contributed by atoms with E-state index < -0.39 is 6.10 Å². The maximum atomic E-state index is 9.81. The van der Waals surface area contributed by atoms with Crippen LogP contribution in [0.3, 0.4) is 0 Å². The van der Waals surface area contributed by atoms with Crippen LogP contribution >= 0.6 is 0 Å². The smallest absolute Gasteiger partial charge is 0.134 e. The normalized spacial score (nSPS) is 20.9. The third-order valence-electron chi connectivity index (χ3n) is 3.40. The molecule has 0 amide bonds. The van der Waals surface area contributed by atoms with Crippen LogP contribution in [0.25, 0.3) is 0 Å². The fourth-order valence-corrected chi connectivity index (χ4v) is 2.40. The van der Waals surface area contributed by atoms with Crippen LogP contribution in [-0.2, 0) is 4.74 Å². The second kappa shape index (κ2) is 6.16. The predicted molar refractivity (Wildman–Crippen MR) is 71.7 cm³/mol. The number of ether oxygens (including phenoxy) is 1. The van der Waals surface area contributed by atoms with Crippen molar-refractivity contribution < 1.29 is 9.84 Å². The largest absolute Gasteiger partial charge is 0.389 e. The van der Waals surface area contributed by atoms with E-state index in [1.807, 2.05) is 12.1 Å². The van der Waals surface area contributed by atoms with E-state index in [0.717, 1.165) is 43.9 Å². The fraction of sp³-hybridized carbons (Fsp3) is 0.643. The van der Waals surface area contributed by atoms with E-state index in [2.05, 4.69) is 16.8 Å². The van der Waals surface area contributed by atoms with Gasteiger partial charge in [0.1, 0.15) is 5.82 Å². The average molecular weight is 250 g/mol. The number of anilines is 1. The van der Waals surface area contributed by atoms with E-state index in [4.69, 9.17) is 4.74 Å². The predicted octanol–water partition coefficient (Wildman–Crippen LogP) is 2.14. The number of likely N-dealkylation sites (N-methyl/N-ethyl adjacent to an activating group) is 1. The van der Waals surface area contributed by atoms with Crippen LogP contribution in [0.4, 0.5) is 5.82 Å². The molecule has 1 aromatic heterocycles. The molecule has 0 aliphatic carbocycles. The summed E-state index contributed by atoms with van der Waals surface area (Å²) in [6.45, 7) is 6.48. The molecule has 0 radical (unpaired) electrons. The molecular weight excluding hydrogens is 228 g/mol. The van der Waals surface area contributed by atoms with Gasteiger partial charge in [-0.15, -0.1) is 0 Å². The molecule has 1 N–H and O–H groups in total. The van der Waals surface area contributed by atoms with E-state index in [-0.39, 0.29) is 0 Å². The van der Waals surface area contributed by atoms with Crippen molar-refractivity contribution in [1.29, 1.82) is 0 Å². The van der Waals surface area contributed by atoms with Crippen LogP contribution in [-0.4, -0.2) is 35.9 Å². The minimum absolute atomic E-state index is 0.300. The Balaban J connectivity index is 2.15. The molecule has 4 heteroatoms. The van der Waals surface area contributed by atoms with Gasteiger partial charge >= 0.3 is 0 Å². The first-order valence-corrected chi connectivity index (χ1v) is 6.72. The lowest BCUT2D eigenvalue weighted by Gasteiger charge is -2.27. The zero-order chi connectivity index (χ0) is 13.0. The lowest BCUT2D eigenvalue weighted by Crippen LogP contribution is -2.33. The van der Waals surface area contributed by atoms with Crippen LogP contribution < -0.4 is 4.90 Å². The summed E-state index contributed by atoms with van der Waals surface area (Å²) in [5.74, 6) is 0.880.